The molecule has 0 fully saturated rings. The zero-order chi connectivity index (χ0) is 15.0. The molecule has 2 heterocycles. The van der Waals surface area contributed by atoms with Crippen LogP contribution in [0.25, 0.3) is 22.3 Å². The van der Waals surface area contributed by atoms with E-state index in [4.69, 9.17) is 11.6 Å². The number of aromatic carboxylic acids is 1. The molecule has 2 aromatic heterocycles. The third-order valence-corrected chi connectivity index (χ3v) is 4.14. The smallest absolute Gasteiger partial charge is 0.352 e. The molecule has 3 rings (SSSR count). The Labute approximate surface area is 130 Å². The van der Waals surface area contributed by atoms with Gasteiger partial charge in [-0.05, 0) is 30.7 Å². The van der Waals surface area contributed by atoms with Crippen LogP contribution in [0.1, 0.15) is 23.8 Å². The number of benzene rings is 1. The van der Waals surface area contributed by atoms with E-state index < -0.39 is 5.97 Å². The van der Waals surface area contributed by atoms with Gasteiger partial charge in [-0.3, -0.25) is 0 Å². The minimum Gasteiger partial charge on any atom is -0.477 e. The number of halogens is 1. The average molecular weight is 322 g/mol. The highest BCUT2D eigenvalue weighted by Gasteiger charge is 2.19. The highest BCUT2D eigenvalue weighted by molar-refractivity contribution is 7.00. The molecule has 108 valence electrons. The molecule has 1 N–H and O–H groups in total. The van der Waals surface area contributed by atoms with E-state index in [1.54, 1.807) is 22.8 Å². The second-order valence-electron chi connectivity index (χ2n) is 4.61. The standard InChI is InChI=1S/C14H12ClN3O2S/c1-2-7-18-10(5-6-11(18)14(19)20)12-8(15)3-4-9-13(12)17-21-16-9/h3-6H,2,7H2,1H3,(H,19,20). The summed E-state index contributed by atoms with van der Waals surface area (Å²) in [5.74, 6) is -0.950. The van der Waals surface area contributed by atoms with Crippen LogP contribution in [-0.2, 0) is 6.54 Å². The topological polar surface area (TPSA) is 68.0 Å². The maximum absolute atomic E-state index is 11.4. The van der Waals surface area contributed by atoms with Crippen molar-refractivity contribution in [3.63, 3.8) is 0 Å². The summed E-state index contributed by atoms with van der Waals surface area (Å²) in [6.07, 6.45) is 0.824. The van der Waals surface area contributed by atoms with Crippen molar-refractivity contribution in [1.82, 2.24) is 13.3 Å². The fraction of sp³-hybridized carbons (Fsp3) is 0.214. The summed E-state index contributed by atoms with van der Waals surface area (Å²) in [5.41, 5.74) is 3.23. The largest absolute Gasteiger partial charge is 0.477 e. The first-order valence-corrected chi connectivity index (χ1v) is 7.58. The normalized spacial score (nSPS) is 11.1. The van der Waals surface area contributed by atoms with E-state index in [9.17, 15) is 9.90 Å². The molecule has 5 nitrogen and oxygen atoms in total. The summed E-state index contributed by atoms with van der Waals surface area (Å²) in [6, 6.07) is 6.96. The van der Waals surface area contributed by atoms with Gasteiger partial charge in [-0.1, -0.05) is 18.5 Å². The Morgan fingerprint density at radius 3 is 2.86 bits per heavy atom. The zero-order valence-electron chi connectivity index (χ0n) is 11.2. The van der Waals surface area contributed by atoms with E-state index in [0.29, 0.717) is 17.1 Å². The summed E-state index contributed by atoms with van der Waals surface area (Å²) in [4.78, 5) is 11.4. The molecule has 0 saturated carbocycles. The van der Waals surface area contributed by atoms with Crippen LogP contribution in [-0.4, -0.2) is 24.4 Å². The van der Waals surface area contributed by atoms with Gasteiger partial charge in [-0.15, -0.1) is 0 Å². The molecule has 3 aromatic rings. The molecule has 0 saturated heterocycles. The van der Waals surface area contributed by atoms with E-state index in [1.807, 2.05) is 13.0 Å². The van der Waals surface area contributed by atoms with Crippen LogP contribution in [0.3, 0.4) is 0 Å². The fourth-order valence-electron chi connectivity index (χ4n) is 2.41. The predicted molar refractivity (Wildman–Crippen MR) is 83.1 cm³/mol. The first-order valence-electron chi connectivity index (χ1n) is 6.47. The number of aromatic nitrogens is 3. The number of hydrogen-bond donors (Lipinski definition) is 1. The third-order valence-electron chi connectivity index (χ3n) is 3.28. The van der Waals surface area contributed by atoms with Crippen molar-refractivity contribution in [2.45, 2.75) is 19.9 Å². The highest BCUT2D eigenvalue weighted by atomic mass is 35.5. The maximum Gasteiger partial charge on any atom is 0.352 e. The van der Waals surface area contributed by atoms with Crippen molar-refractivity contribution in [2.75, 3.05) is 0 Å². The lowest BCUT2D eigenvalue weighted by molar-refractivity contribution is 0.0685. The average Bonchev–Trinajstić information content (AvgIpc) is 3.06. The molecule has 0 unspecified atom stereocenters. The van der Waals surface area contributed by atoms with E-state index in [0.717, 1.165) is 34.9 Å². The number of carbonyl (C=O) groups is 1. The van der Waals surface area contributed by atoms with Gasteiger partial charge in [-0.25, -0.2) is 4.79 Å². The van der Waals surface area contributed by atoms with Gasteiger partial charge in [0, 0.05) is 12.1 Å². The molecule has 0 aliphatic heterocycles. The molecule has 0 atom stereocenters. The van der Waals surface area contributed by atoms with Gasteiger partial charge >= 0.3 is 5.97 Å². The summed E-state index contributed by atoms with van der Waals surface area (Å²) >= 11 is 7.45. The second-order valence-corrected chi connectivity index (χ2v) is 5.55. The van der Waals surface area contributed by atoms with Crippen LogP contribution in [0.15, 0.2) is 24.3 Å². The van der Waals surface area contributed by atoms with Gasteiger partial charge in [0.25, 0.3) is 0 Å². The van der Waals surface area contributed by atoms with E-state index in [2.05, 4.69) is 8.75 Å². The van der Waals surface area contributed by atoms with E-state index in [1.165, 1.54) is 0 Å². The monoisotopic (exact) mass is 321 g/mol. The molecular formula is C14H12ClN3O2S. The Bertz CT molecular complexity index is 825. The molecule has 0 amide bonds. The van der Waals surface area contributed by atoms with Gasteiger partial charge in [0.1, 0.15) is 16.7 Å². The van der Waals surface area contributed by atoms with Crippen LogP contribution in [0.4, 0.5) is 0 Å². The van der Waals surface area contributed by atoms with Crippen molar-refractivity contribution in [3.8, 4) is 11.3 Å². The summed E-state index contributed by atoms with van der Waals surface area (Å²) in [5, 5.41) is 9.86. The minimum absolute atomic E-state index is 0.253. The van der Waals surface area contributed by atoms with Crippen molar-refractivity contribution in [2.24, 2.45) is 0 Å². The number of fused-ring (bicyclic) bond motifs is 1. The van der Waals surface area contributed by atoms with Crippen LogP contribution in [0.5, 0.6) is 0 Å². The SMILES string of the molecule is CCCn1c(C(=O)O)ccc1-c1c(Cl)ccc2nsnc12. The van der Waals surface area contributed by atoms with Crippen LogP contribution >= 0.6 is 23.3 Å². The number of rotatable bonds is 4. The summed E-state index contributed by atoms with van der Waals surface area (Å²) < 4.78 is 10.3. The minimum atomic E-state index is -0.950. The molecule has 0 aliphatic rings. The quantitative estimate of drug-likeness (QED) is 0.790. The lowest BCUT2D eigenvalue weighted by Gasteiger charge is -2.12. The second kappa shape index (κ2) is 5.46. The van der Waals surface area contributed by atoms with Gasteiger partial charge < -0.3 is 9.67 Å². The molecule has 7 heteroatoms. The van der Waals surface area contributed by atoms with E-state index >= 15 is 0 Å². The summed E-state index contributed by atoms with van der Waals surface area (Å²) in [6.45, 7) is 2.61. The maximum atomic E-state index is 11.4. The highest BCUT2D eigenvalue weighted by Crippen LogP contribution is 2.35. The van der Waals surface area contributed by atoms with Crippen molar-refractivity contribution in [1.29, 1.82) is 0 Å². The van der Waals surface area contributed by atoms with Crippen LogP contribution < -0.4 is 0 Å². The fourth-order valence-corrected chi connectivity index (χ4v) is 3.20. The molecule has 0 bridgehead atoms. The van der Waals surface area contributed by atoms with Crippen molar-refractivity contribution in [3.05, 3.63) is 35.0 Å². The van der Waals surface area contributed by atoms with Gasteiger partial charge in [0.2, 0.25) is 0 Å². The summed E-state index contributed by atoms with van der Waals surface area (Å²) in [7, 11) is 0. The molecule has 0 spiro atoms. The Morgan fingerprint density at radius 1 is 1.33 bits per heavy atom. The Balaban J connectivity index is 2.30. The predicted octanol–water partition coefficient (Wildman–Crippen LogP) is 3.92. The van der Waals surface area contributed by atoms with Gasteiger partial charge in [0.05, 0.1) is 22.4 Å². The number of carboxylic acids is 1. The van der Waals surface area contributed by atoms with Crippen LogP contribution in [0, 0.1) is 0 Å². The zero-order valence-corrected chi connectivity index (χ0v) is 12.8. The molecular weight excluding hydrogens is 310 g/mol. The van der Waals surface area contributed by atoms with Gasteiger partial charge in [-0.2, -0.15) is 8.75 Å². The number of carboxylic acid groups (broad SMARTS) is 1. The molecule has 0 radical (unpaired) electrons. The molecule has 1 aromatic carbocycles. The third kappa shape index (κ3) is 2.30. The lowest BCUT2D eigenvalue weighted by atomic mass is 10.1. The Hall–Kier alpha value is -1.92. The van der Waals surface area contributed by atoms with E-state index in [-0.39, 0.29) is 5.69 Å². The number of hydrogen-bond acceptors (Lipinski definition) is 4. The first kappa shape index (κ1) is 14.0. The van der Waals surface area contributed by atoms with Crippen LogP contribution in [0.2, 0.25) is 5.02 Å². The first-order chi connectivity index (χ1) is 10.1. The van der Waals surface area contributed by atoms with Crippen molar-refractivity contribution < 1.29 is 9.90 Å². The molecule has 21 heavy (non-hydrogen) atoms. The lowest BCUT2D eigenvalue weighted by Crippen LogP contribution is -2.09. The Morgan fingerprint density at radius 2 is 2.14 bits per heavy atom. The molecule has 0 aliphatic carbocycles. The number of nitrogens with zero attached hydrogens (tertiary/aromatic N) is 3. The van der Waals surface area contributed by atoms with Crippen molar-refractivity contribution >= 4 is 40.3 Å². The Kier molecular flexibility index (Phi) is 3.65. The van der Waals surface area contributed by atoms with Gasteiger partial charge in [0.15, 0.2) is 0 Å².